The average Bonchev–Trinajstić information content (AvgIpc) is 3.43. The number of hydrogen-bond acceptors (Lipinski definition) is 1. The molecular weight excluding hydrogens is 488 g/mol. The number of allylic oxidation sites excluding steroid dienone is 1. The molecule has 1 aromatic heterocycles. The van der Waals surface area contributed by atoms with Crippen LogP contribution in [0.1, 0.15) is 0 Å². The molecule has 0 bridgehead atoms. The van der Waals surface area contributed by atoms with Gasteiger partial charge in [0.2, 0.25) is 0 Å². The first-order chi connectivity index (χ1) is 19.2. The second-order valence-electron chi connectivity index (χ2n) is 9.92. The van der Waals surface area contributed by atoms with Crippen molar-refractivity contribution in [2.24, 2.45) is 0 Å². The molecule has 184 valence electrons. The van der Waals surface area contributed by atoms with Crippen molar-refractivity contribution in [1.82, 2.24) is 0 Å². The third-order valence-electron chi connectivity index (χ3n) is 7.53. The van der Waals surface area contributed by atoms with Gasteiger partial charge in [0, 0.05) is 9.58 Å². The Morgan fingerprint density at radius 2 is 1.31 bits per heavy atom. The number of rotatable bonds is 4. The van der Waals surface area contributed by atoms with Gasteiger partial charge in [-0.2, -0.15) is 0 Å². The third kappa shape index (κ3) is 4.09. The Bertz CT molecular complexity index is 2150. The zero-order valence-corrected chi connectivity index (χ0v) is 22.3. The van der Waals surface area contributed by atoms with Gasteiger partial charge >= 0.3 is 0 Å². The number of hydrogen-bond donors (Lipinski definition) is 0. The van der Waals surface area contributed by atoms with Gasteiger partial charge in [-0.25, -0.2) is 0 Å². The molecule has 0 fully saturated rings. The predicted molar refractivity (Wildman–Crippen MR) is 173 cm³/mol. The molecule has 0 aliphatic rings. The maximum atomic E-state index is 4.23. The third-order valence-corrected chi connectivity index (χ3v) is 8.76. The lowest BCUT2D eigenvalue weighted by Crippen LogP contribution is -2.22. The van der Waals surface area contributed by atoms with E-state index in [9.17, 15) is 0 Å². The Balaban J connectivity index is 1.40. The van der Waals surface area contributed by atoms with Crippen LogP contribution in [0.2, 0.25) is 0 Å². The van der Waals surface area contributed by atoms with Crippen molar-refractivity contribution in [2.75, 3.05) is 0 Å². The Labute approximate surface area is 232 Å². The van der Waals surface area contributed by atoms with Gasteiger partial charge in [0.05, 0.1) is 0 Å². The van der Waals surface area contributed by atoms with E-state index in [-0.39, 0.29) is 0 Å². The largest absolute Gasteiger partial charge is 0.135 e. The summed E-state index contributed by atoms with van der Waals surface area (Å²) in [4.78, 5) is 1.26. The van der Waals surface area contributed by atoms with Crippen LogP contribution in [0, 0.1) is 0 Å². The first kappa shape index (κ1) is 23.4. The Morgan fingerprint density at radius 3 is 2.18 bits per heavy atom. The lowest BCUT2D eigenvalue weighted by molar-refractivity contribution is 1.63. The van der Waals surface area contributed by atoms with Gasteiger partial charge in [-0.05, 0) is 89.5 Å². The molecule has 39 heavy (non-hydrogen) atoms. The Morgan fingerprint density at radius 1 is 0.538 bits per heavy atom. The van der Waals surface area contributed by atoms with Crippen molar-refractivity contribution in [3.63, 3.8) is 0 Å². The SMILES string of the molecule is C=CC=c1c(=C)ccc2cc(-c3cccc(-c4ccc5c(c4)c(-c4ccccc4)cc4ccccc45)c3)sc12. The van der Waals surface area contributed by atoms with E-state index in [1.165, 1.54) is 64.3 Å². The van der Waals surface area contributed by atoms with Gasteiger partial charge in [0.25, 0.3) is 0 Å². The van der Waals surface area contributed by atoms with Crippen LogP contribution in [0.25, 0.3) is 77.0 Å². The minimum absolute atomic E-state index is 1.03. The molecule has 7 rings (SSSR count). The first-order valence-electron chi connectivity index (χ1n) is 13.2. The second-order valence-corrected chi connectivity index (χ2v) is 11.0. The Hall–Kier alpha value is -4.72. The fraction of sp³-hybridized carbons (Fsp3) is 0. The molecule has 0 saturated heterocycles. The zero-order valence-electron chi connectivity index (χ0n) is 21.5. The molecule has 0 radical (unpaired) electrons. The molecule has 0 nitrogen and oxygen atoms in total. The van der Waals surface area contributed by atoms with E-state index in [0.29, 0.717) is 0 Å². The van der Waals surface area contributed by atoms with Crippen LogP contribution >= 0.6 is 11.3 Å². The summed E-state index contributed by atoms with van der Waals surface area (Å²) in [6.45, 7) is 8.12. The molecule has 6 aromatic carbocycles. The monoisotopic (exact) mass is 514 g/mol. The fourth-order valence-corrected chi connectivity index (χ4v) is 6.80. The number of fused-ring (bicyclic) bond motifs is 4. The maximum absolute atomic E-state index is 4.23. The Kier molecular flexibility index (Phi) is 5.73. The molecule has 0 N–H and O–H groups in total. The summed E-state index contributed by atoms with van der Waals surface area (Å²) in [7, 11) is 0. The molecule has 0 saturated carbocycles. The van der Waals surface area contributed by atoms with Crippen molar-refractivity contribution in [3.8, 4) is 32.7 Å². The normalized spacial score (nSPS) is 11.9. The number of benzene rings is 6. The van der Waals surface area contributed by atoms with Crippen LogP contribution in [0.5, 0.6) is 0 Å². The van der Waals surface area contributed by atoms with Crippen molar-refractivity contribution < 1.29 is 0 Å². The predicted octanol–water partition coefficient (Wildman–Crippen LogP) is 9.59. The smallest absolute Gasteiger partial charge is 0.0427 e. The fourth-order valence-electron chi connectivity index (χ4n) is 5.60. The lowest BCUT2D eigenvalue weighted by atomic mass is 9.91. The van der Waals surface area contributed by atoms with Crippen LogP contribution in [-0.4, -0.2) is 0 Å². The van der Waals surface area contributed by atoms with Gasteiger partial charge in [-0.3, -0.25) is 0 Å². The van der Waals surface area contributed by atoms with E-state index < -0.39 is 0 Å². The molecule has 1 heteroatoms. The molecular formula is C38H26S. The molecule has 0 aliphatic heterocycles. The molecule has 0 amide bonds. The van der Waals surface area contributed by atoms with Gasteiger partial charge in [0.15, 0.2) is 0 Å². The average molecular weight is 515 g/mol. The van der Waals surface area contributed by atoms with E-state index in [0.717, 1.165) is 10.4 Å². The topological polar surface area (TPSA) is 0 Å². The zero-order chi connectivity index (χ0) is 26.3. The summed E-state index contributed by atoms with van der Waals surface area (Å²) < 4.78 is 1.26. The minimum Gasteiger partial charge on any atom is -0.135 e. The molecule has 0 aliphatic carbocycles. The first-order valence-corrected chi connectivity index (χ1v) is 14.0. The highest BCUT2D eigenvalue weighted by atomic mass is 32.1. The van der Waals surface area contributed by atoms with E-state index in [1.807, 2.05) is 17.4 Å². The quantitative estimate of drug-likeness (QED) is 0.205. The van der Waals surface area contributed by atoms with E-state index >= 15 is 0 Å². The minimum atomic E-state index is 1.03. The van der Waals surface area contributed by atoms with Crippen molar-refractivity contribution in [2.45, 2.75) is 0 Å². The molecule has 1 heterocycles. The van der Waals surface area contributed by atoms with Crippen molar-refractivity contribution in [1.29, 1.82) is 0 Å². The van der Waals surface area contributed by atoms with Crippen LogP contribution in [0.4, 0.5) is 0 Å². The standard InChI is InChI=1S/C38H26S/c1-3-10-32-25(2)17-18-31-24-37(39-38(31)32)30-15-9-14-27(21-30)28-19-20-34-33-16-8-7-13-29(33)23-35(36(34)22-28)26-11-5-4-6-12-26/h3-24H,1-2H2. The van der Waals surface area contributed by atoms with Crippen LogP contribution < -0.4 is 10.4 Å². The van der Waals surface area contributed by atoms with Gasteiger partial charge in [0.1, 0.15) is 0 Å². The molecule has 0 spiro atoms. The van der Waals surface area contributed by atoms with Gasteiger partial charge in [-0.15, -0.1) is 11.3 Å². The van der Waals surface area contributed by atoms with Crippen LogP contribution in [-0.2, 0) is 0 Å². The number of thiophene rings is 1. The van der Waals surface area contributed by atoms with E-state index in [2.05, 4.69) is 141 Å². The highest BCUT2D eigenvalue weighted by Gasteiger charge is 2.12. The summed E-state index contributed by atoms with van der Waals surface area (Å²) in [5, 5.41) is 8.54. The molecule has 0 unspecified atom stereocenters. The van der Waals surface area contributed by atoms with E-state index in [1.54, 1.807) is 0 Å². The summed E-state index contributed by atoms with van der Waals surface area (Å²) in [6, 6.07) is 44.1. The maximum Gasteiger partial charge on any atom is 0.0427 e. The summed E-state index contributed by atoms with van der Waals surface area (Å²) >= 11 is 1.82. The summed E-state index contributed by atoms with van der Waals surface area (Å²) in [5.41, 5.74) is 6.17. The lowest BCUT2D eigenvalue weighted by Gasteiger charge is -2.13. The summed E-state index contributed by atoms with van der Waals surface area (Å²) in [6.07, 6.45) is 3.90. The highest BCUT2D eigenvalue weighted by molar-refractivity contribution is 7.22. The summed E-state index contributed by atoms with van der Waals surface area (Å²) in [5.74, 6) is 0. The van der Waals surface area contributed by atoms with Crippen molar-refractivity contribution >= 4 is 55.6 Å². The van der Waals surface area contributed by atoms with Crippen LogP contribution in [0.15, 0.2) is 134 Å². The molecule has 7 aromatic rings. The molecule has 0 atom stereocenters. The van der Waals surface area contributed by atoms with Crippen LogP contribution in [0.3, 0.4) is 0 Å². The highest BCUT2D eigenvalue weighted by Crippen LogP contribution is 2.38. The van der Waals surface area contributed by atoms with Gasteiger partial charge < -0.3 is 0 Å². The van der Waals surface area contributed by atoms with Gasteiger partial charge in [-0.1, -0.05) is 122 Å². The van der Waals surface area contributed by atoms with Crippen molar-refractivity contribution in [3.05, 3.63) is 144 Å². The van der Waals surface area contributed by atoms with E-state index in [4.69, 9.17) is 0 Å². The second kappa shape index (κ2) is 9.54.